The second kappa shape index (κ2) is 6.50. The summed E-state index contributed by atoms with van der Waals surface area (Å²) >= 11 is 0. The van der Waals surface area contributed by atoms with Crippen LogP contribution in [0.15, 0.2) is 78.9 Å². The Bertz CT molecular complexity index is 811. The van der Waals surface area contributed by atoms with Gasteiger partial charge in [-0.25, -0.2) is 0 Å². The summed E-state index contributed by atoms with van der Waals surface area (Å²) in [6.07, 6.45) is 1.96. The van der Waals surface area contributed by atoms with Gasteiger partial charge in [0.2, 0.25) is 0 Å². The molecule has 0 amide bonds. The molecule has 1 aliphatic carbocycles. The van der Waals surface area contributed by atoms with Gasteiger partial charge >= 0.3 is 0 Å². The van der Waals surface area contributed by atoms with Gasteiger partial charge in [0.1, 0.15) is 11.5 Å². The van der Waals surface area contributed by atoms with E-state index in [-0.39, 0.29) is 6.04 Å². The van der Waals surface area contributed by atoms with Gasteiger partial charge < -0.3 is 10.5 Å². The van der Waals surface area contributed by atoms with Crippen LogP contribution in [0.2, 0.25) is 0 Å². The quantitative estimate of drug-likeness (QED) is 0.758. The summed E-state index contributed by atoms with van der Waals surface area (Å²) in [5.74, 6) is 2.13. The van der Waals surface area contributed by atoms with E-state index < -0.39 is 0 Å². The summed E-state index contributed by atoms with van der Waals surface area (Å²) in [7, 11) is 0. The average Bonchev–Trinajstić information content (AvgIpc) is 2.93. The molecule has 0 radical (unpaired) electrons. The van der Waals surface area contributed by atoms with Gasteiger partial charge in [-0.15, -0.1) is 0 Å². The first kappa shape index (κ1) is 15.0. The zero-order chi connectivity index (χ0) is 16.4. The van der Waals surface area contributed by atoms with E-state index in [1.54, 1.807) is 0 Å². The molecule has 24 heavy (non-hydrogen) atoms. The van der Waals surface area contributed by atoms with Gasteiger partial charge in [0.15, 0.2) is 0 Å². The van der Waals surface area contributed by atoms with Crippen LogP contribution < -0.4 is 10.5 Å². The maximum absolute atomic E-state index is 6.38. The van der Waals surface area contributed by atoms with Crippen LogP contribution in [0.5, 0.6) is 11.5 Å². The maximum atomic E-state index is 6.38. The zero-order valence-electron chi connectivity index (χ0n) is 13.6. The highest BCUT2D eigenvalue weighted by molar-refractivity contribution is 5.40. The van der Waals surface area contributed by atoms with E-state index in [9.17, 15) is 0 Å². The highest BCUT2D eigenvalue weighted by Gasteiger charge is 2.29. The number of ether oxygens (including phenoxy) is 1. The number of nitrogens with two attached hydrogens (primary N) is 1. The van der Waals surface area contributed by atoms with E-state index >= 15 is 0 Å². The molecule has 0 saturated heterocycles. The van der Waals surface area contributed by atoms with E-state index in [1.165, 1.54) is 16.7 Å². The number of fused-ring (bicyclic) bond motifs is 1. The van der Waals surface area contributed by atoms with E-state index in [2.05, 4.69) is 36.4 Å². The summed E-state index contributed by atoms with van der Waals surface area (Å²) in [6, 6.07) is 27.1. The predicted molar refractivity (Wildman–Crippen MR) is 97.5 cm³/mol. The van der Waals surface area contributed by atoms with Crippen molar-refractivity contribution in [2.45, 2.75) is 24.8 Å². The van der Waals surface area contributed by atoms with Gasteiger partial charge in [0.05, 0.1) is 0 Å². The first-order valence-electron chi connectivity index (χ1n) is 8.45. The number of hydrogen-bond donors (Lipinski definition) is 1. The molecule has 2 nitrogen and oxygen atoms in total. The topological polar surface area (TPSA) is 35.2 Å². The third-order valence-electron chi connectivity index (χ3n) is 4.78. The van der Waals surface area contributed by atoms with E-state index in [4.69, 9.17) is 10.5 Å². The largest absolute Gasteiger partial charge is 0.457 e. The van der Waals surface area contributed by atoms with Crippen LogP contribution in [-0.2, 0) is 12.8 Å². The third-order valence-corrected chi connectivity index (χ3v) is 4.78. The second-order valence-corrected chi connectivity index (χ2v) is 6.44. The van der Waals surface area contributed by atoms with Crippen molar-refractivity contribution in [2.24, 2.45) is 5.73 Å². The van der Waals surface area contributed by atoms with Crippen molar-refractivity contribution in [1.29, 1.82) is 0 Å². The lowest BCUT2D eigenvalue weighted by Gasteiger charge is -2.17. The summed E-state index contributed by atoms with van der Waals surface area (Å²) in [5, 5.41) is 0. The fraction of sp³-hybridized carbons (Fsp3) is 0.182. The van der Waals surface area contributed by atoms with E-state index in [0.717, 1.165) is 24.3 Å². The Kier molecular flexibility index (Phi) is 4.06. The van der Waals surface area contributed by atoms with Crippen molar-refractivity contribution in [2.75, 3.05) is 0 Å². The van der Waals surface area contributed by atoms with E-state index in [1.807, 2.05) is 42.5 Å². The minimum absolute atomic E-state index is 0.211. The minimum atomic E-state index is 0.211. The van der Waals surface area contributed by atoms with Crippen LogP contribution in [0.1, 0.15) is 22.6 Å². The van der Waals surface area contributed by atoms with Crippen molar-refractivity contribution >= 4 is 0 Å². The summed E-state index contributed by atoms with van der Waals surface area (Å²) in [4.78, 5) is 0. The van der Waals surface area contributed by atoms with Crippen molar-refractivity contribution in [3.8, 4) is 11.5 Å². The van der Waals surface area contributed by atoms with Crippen LogP contribution >= 0.6 is 0 Å². The maximum Gasteiger partial charge on any atom is 0.127 e. The monoisotopic (exact) mass is 315 g/mol. The van der Waals surface area contributed by atoms with Gasteiger partial charge in [0.25, 0.3) is 0 Å². The molecule has 0 fully saturated rings. The fourth-order valence-corrected chi connectivity index (χ4v) is 3.54. The van der Waals surface area contributed by atoms with Gasteiger partial charge in [-0.05, 0) is 53.8 Å². The highest BCUT2D eigenvalue weighted by atomic mass is 16.5. The summed E-state index contributed by atoms with van der Waals surface area (Å²) in [6.45, 7) is 0. The van der Waals surface area contributed by atoms with Crippen LogP contribution in [0, 0.1) is 0 Å². The van der Waals surface area contributed by atoms with Gasteiger partial charge in [-0.2, -0.15) is 0 Å². The molecule has 2 heteroatoms. The molecule has 0 spiro atoms. The van der Waals surface area contributed by atoms with Gasteiger partial charge in [-0.1, -0.05) is 54.6 Å². The Hall–Kier alpha value is -2.58. The van der Waals surface area contributed by atoms with Crippen LogP contribution in [0.4, 0.5) is 0 Å². The third kappa shape index (κ3) is 3.06. The molecule has 2 unspecified atom stereocenters. The molecule has 0 heterocycles. The second-order valence-electron chi connectivity index (χ2n) is 6.44. The molecular formula is C22H21NO. The van der Waals surface area contributed by atoms with Crippen molar-refractivity contribution in [1.82, 2.24) is 0 Å². The lowest BCUT2D eigenvalue weighted by molar-refractivity contribution is 0.482. The molecule has 0 aliphatic heterocycles. The lowest BCUT2D eigenvalue weighted by Crippen LogP contribution is -2.26. The molecule has 4 rings (SSSR count). The molecule has 2 N–H and O–H groups in total. The van der Waals surface area contributed by atoms with Crippen molar-refractivity contribution < 1.29 is 4.74 Å². The molecule has 0 aromatic heterocycles. The summed E-state index contributed by atoms with van der Waals surface area (Å²) in [5.41, 5.74) is 10.5. The molecule has 1 aliphatic rings. The van der Waals surface area contributed by atoms with Crippen LogP contribution in [-0.4, -0.2) is 6.04 Å². The SMILES string of the molecule is NC1Cc2ccccc2C1Cc1ccc(Oc2ccccc2)cc1. The molecule has 0 bridgehead atoms. The predicted octanol–water partition coefficient (Wildman–Crippen LogP) is 4.69. The molecule has 3 aromatic rings. The molecule has 2 atom stereocenters. The Balaban J connectivity index is 1.48. The first-order chi connectivity index (χ1) is 11.8. The van der Waals surface area contributed by atoms with Crippen molar-refractivity contribution in [3.63, 3.8) is 0 Å². The number of benzene rings is 3. The number of hydrogen-bond acceptors (Lipinski definition) is 2. The minimum Gasteiger partial charge on any atom is -0.457 e. The number of para-hydroxylation sites is 1. The molecule has 3 aromatic carbocycles. The molecule has 120 valence electrons. The Morgan fingerprint density at radius 3 is 2.25 bits per heavy atom. The fourth-order valence-electron chi connectivity index (χ4n) is 3.54. The Morgan fingerprint density at radius 2 is 1.46 bits per heavy atom. The zero-order valence-corrected chi connectivity index (χ0v) is 13.6. The van der Waals surface area contributed by atoms with Crippen LogP contribution in [0.25, 0.3) is 0 Å². The standard InChI is InChI=1S/C22H21NO/c23-22-15-17-6-4-5-9-20(17)21(22)14-16-10-12-19(13-11-16)24-18-7-2-1-3-8-18/h1-13,21-22H,14-15,23H2. The van der Waals surface area contributed by atoms with Crippen LogP contribution in [0.3, 0.4) is 0 Å². The lowest BCUT2D eigenvalue weighted by atomic mass is 9.91. The number of rotatable bonds is 4. The summed E-state index contributed by atoms with van der Waals surface area (Å²) < 4.78 is 5.86. The molecular weight excluding hydrogens is 294 g/mol. The average molecular weight is 315 g/mol. The van der Waals surface area contributed by atoms with E-state index in [0.29, 0.717) is 5.92 Å². The van der Waals surface area contributed by atoms with Gasteiger partial charge in [0, 0.05) is 12.0 Å². The van der Waals surface area contributed by atoms with Crippen molar-refractivity contribution in [3.05, 3.63) is 95.6 Å². The first-order valence-corrected chi connectivity index (χ1v) is 8.45. The Labute approximate surface area is 142 Å². The smallest absolute Gasteiger partial charge is 0.127 e. The van der Waals surface area contributed by atoms with Gasteiger partial charge in [-0.3, -0.25) is 0 Å². The molecule has 0 saturated carbocycles. The Morgan fingerprint density at radius 1 is 0.792 bits per heavy atom. The normalized spacial score (nSPS) is 19.0. The highest BCUT2D eigenvalue weighted by Crippen LogP contribution is 2.35.